The lowest BCUT2D eigenvalue weighted by molar-refractivity contribution is -0.145. The highest BCUT2D eigenvalue weighted by atomic mass is 35.5. The number of benzene rings is 1. The molecule has 1 aromatic carbocycles. The fourth-order valence-electron chi connectivity index (χ4n) is 1.83. The summed E-state index contributed by atoms with van der Waals surface area (Å²) in [7, 11) is 1.32. The number of amides is 1. The summed E-state index contributed by atoms with van der Waals surface area (Å²) in [4.78, 5) is 23.4. The second-order valence-electron chi connectivity index (χ2n) is 4.69. The fraction of sp³-hybridized carbons (Fsp3) is 0.429. The topological polar surface area (TPSA) is 55.4 Å². The number of ether oxygens (including phenoxy) is 1. The maximum Gasteiger partial charge on any atom is 0.328 e. The third-order valence-corrected chi connectivity index (χ3v) is 3.36. The first-order valence-electron chi connectivity index (χ1n) is 6.23. The van der Waals surface area contributed by atoms with Crippen LogP contribution in [0.15, 0.2) is 24.3 Å². The van der Waals surface area contributed by atoms with Crippen molar-refractivity contribution >= 4 is 23.5 Å². The molecule has 1 N–H and O–H groups in total. The summed E-state index contributed by atoms with van der Waals surface area (Å²) in [6, 6.07) is 6.55. The lowest BCUT2D eigenvalue weighted by Crippen LogP contribution is -2.43. The molecule has 0 saturated heterocycles. The van der Waals surface area contributed by atoms with Gasteiger partial charge in [0.05, 0.1) is 7.11 Å². The number of hydrogen-bond acceptors (Lipinski definition) is 3. The predicted octanol–water partition coefficient (Wildman–Crippen LogP) is 1.95. The highest BCUT2D eigenvalue weighted by Gasteiger charge is 2.32. The van der Waals surface area contributed by atoms with Crippen LogP contribution < -0.4 is 5.32 Å². The van der Waals surface area contributed by atoms with Gasteiger partial charge in [-0.2, -0.15) is 0 Å². The molecule has 1 atom stereocenters. The number of carbonyl (C=O) groups excluding carboxylic acids is 2. The highest BCUT2D eigenvalue weighted by molar-refractivity contribution is 6.30. The van der Waals surface area contributed by atoms with Crippen molar-refractivity contribution in [2.24, 2.45) is 5.92 Å². The maximum atomic E-state index is 11.7. The summed E-state index contributed by atoms with van der Waals surface area (Å²) in [5.74, 6) is -0.425. The molecule has 0 radical (unpaired) electrons. The van der Waals surface area contributed by atoms with Crippen molar-refractivity contribution in [2.75, 3.05) is 7.11 Å². The summed E-state index contributed by atoms with van der Waals surface area (Å²) in [5.41, 5.74) is 0.927. The van der Waals surface area contributed by atoms with Crippen LogP contribution in [0.2, 0.25) is 5.02 Å². The molecule has 102 valence electrons. The van der Waals surface area contributed by atoms with E-state index >= 15 is 0 Å². The summed E-state index contributed by atoms with van der Waals surface area (Å²) in [6.45, 7) is 0. The largest absolute Gasteiger partial charge is 0.467 e. The van der Waals surface area contributed by atoms with Crippen molar-refractivity contribution in [3.05, 3.63) is 34.9 Å². The number of carbonyl (C=O) groups is 2. The molecule has 0 spiro atoms. The van der Waals surface area contributed by atoms with Crippen LogP contribution in [0.25, 0.3) is 0 Å². The van der Waals surface area contributed by atoms with E-state index in [1.165, 1.54) is 7.11 Å². The standard InChI is InChI=1S/C14H16ClNO3/c1-19-14(18)12(16-13(17)10-4-5-10)8-9-2-6-11(15)7-3-9/h2-3,6-7,10,12H,4-5,8H2,1H3,(H,16,17)/t12-/m1/s1. The van der Waals surface area contributed by atoms with E-state index < -0.39 is 12.0 Å². The summed E-state index contributed by atoms with van der Waals surface area (Å²) < 4.78 is 4.73. The average Bonchev–Trinajstić information content (AvgIpc) is 3.24. The molecule has 0 aliphatic heterocycles. The van der Waals surface area contributed by atoms with Crippen molar-refractivity contribution < 1.29 is 14.3 Å². The van der Waals surface area contributed by atoms with E-state index in [2.05, 4.69) is 5.32 Å². The third-order valence-electron chi connectivity index (χ3n) is 3.10. The average molecular weight is 282 g/mol. The van der Waals surface area contributed by atoms with Gasteiger partial charge < -0.3 is 10.1 Å². The second kappa shape index (κ2) is 6.06. The number of esters is 1. The normalized spacial score (nSPS) is 15.7. The van der Waals surface area contributed by atoms with Crippen LogP contribution >= 0.6 is 11.6 Å². The van der Waals surface area contributed by atoms with Gasteiger partial charge in [-0.15, -0.1) is 0 Å². The molecule has 4 nitrogen and oxygen atoms in total. The van der Waals surface area contributed by atoms with Gasteiger partial charge in [-0.1, -0.05) is 23.7 Å². The first-order chi connectivity index (χ1) is 9.10. The number of halogens is 1. The fourth-order valence-corrected chi connectivity index (χ4v) is 1.95. The summed E-state index contributed by atoms with van der Waals surface area (Å²) >= 11 is 5.81. The lowest BCUT2D eigenvalue weighted by atomic mass is 10.1. The van der Waals surface area contributed by atoms with Gasteiger partial charge in [-0.25, -0.2) is 4.79 Å². The molecular weight excluding hydrogens is 266 g/mol. The van der Waals surface area contributed by atoms with Crippen LogP contribution in [0.5, 0.6) is 0 Å². The Morgan fingerprint density at radius 3 is 2.53 bits per heavy atom. The Kier molecular flexibility index (Phi) is 4.43. The van der Waals surface area contributed by atoms with Gasteiger partial charge in [0.1, 0.15) is 6.04 Å². The smallest absolute Gasteiger partial charge is 0.328 e. The Hall–Kier alpha value is -1.55. The zero-order chi connectivity index (χ0) is 13.8. The molecule has 1 aromatic rings. The molecule has 19 heavy (non-hydrogen) atoms. The molecule has 2 rings (SSSR count). The van der Waals surface area contributed by atoms with Crippen LogP contribution in [-0.2, 0) is 20.7 Å². The third kappa shape index (κ3) is 3.96. The molecule has 1 aliphatic rings. The first kappa shape index (κ1) is 13.9. The van der Waals surface area contributed by atoms with Crippen molar-refractivity contribution in [3.8, 4) is 0 Å². The monoisotopic (exact) mass is 281 g/mol. The van der Waals surface area contributed by atoms with Crippen molar-refractivity contribution in [3.63, 3.8) is 0 Å². The minimum absolute atomic E-state index is 0.0654. The van der Waals surface area contributed by atoms with E-state index in [4.69, 9.17) is 16.3 Å². The van der Waals surface area contributed by atoms with E-state index in [0.29, 0.717) is 11.4 Å². The number of methoxy groups -OCH3 is 1. The summed E-state index contributed by atoms with van der Waals surface area (Å²) in [6.07, 6.45) is 2.21. The van der Waals surface area contributed by atoms with Crippen LogP contribution in [0.3, 0.4) is 0 Å². The maximum absolute atomic E-state index is 11.7. The van der Waals surface area contributed by atoms with Gasteiger partial charge in [0, 0.05) is 17.4 Å². The molecule has 5 heteroatoms. The minimum Gasteiger partial charge on any atom is -0.467 e. The zero-order valence-electron chi connectivity index (χ0n) is 10.7. The van der Waals surface area contributed by atoms with Gasteiger partial charge in [0.2, 0.25) is 5.91 Å². The first-order valence-corrected chi connectivity index (χ1v) is 6.60. The van der Waals surface area contributed by atoms with Gasteiger partial charge in [-0.05, 0) is 30.5 Å². The van der Waals surface area contributed by atoms with E-state index in [1.54, 1.807) is 12.1 Å². The van der Waals surface area contributed by atoms with E-state index in [1.807, 2.05) is 12.1 Å². The Morgan fingerprint density at radius 2 is 2.00 bits per heavy atom. The van der Waals surface area contributed by atoms with Crippen molar-refractivity contribution in [1.82, 2.24) is 5.32 Å². The molecule has 1 fully saturated rings. The van der Waals surface area contributed by atoms with Crippen LogP contribution in [0.1, 0.15) is 18.4 Å². The second-order valence-corrected chi connectivity index (χ2v) is 5.13. The molecular formula is C14H16ClNO3. The van der Waals surface area contributed by atoms with E-state index in [9.17, 15) is 9.59 Å². The molecule has 0 heterocycles. The van der Waals surface area contributed by atoms with Crippen LogP contribution in [0.4, 0.5) is 0 Å². The van der Waals surface area contributed by atoms with Gasteiger partial charge in [-0.3, -0.25) is 4.79 Å². The van der Waals surface area contributed by atoms with Gasteiger partial charge in [0.15, 0.2) is 0 Å². The highest BCUT2D eigenvalue weighted by Crippen LogP contribution is 2.29. The van der Waals surface area contributed by atoms with Crippen molar-refractivity contribution in [2.45, 2.75) is 25.3 Å². The summed E-state index contributed by atoms with van der Waals surface area (Å²) in [5, 5.41) is 3.39. The van der Waals surface area contributed by atoms with Gasteiger partial charge in [0.25, 0.3) is 0 Å². The van der Waals surface area contributed by atoms with Gasteiger partial charge >= 0.3 is 5.97 Å². The number of nitrogens with one attached hydrogen (secondary N) is 1. The van der Waals surface area contributed by atoms with E-state index in [-0.39, 0.29) is 11.8 Å². The molecule has 0 unspecified atom stereocenters. The van der Waals surface area contributed by atoms with E-state index in [0.717, 1.165) is 18.4 Å². The Balaban J connectivity index is 2.02. The molecule has 0 aromatic heterocycles. The molecule has 0 bridgehead atoms. The Bertz CT molecular complexity index is 468. The lowest BCUT2D eigenvalue weighted by Gasteiger charge is -2.16. The SMILES string of the molecule is COC(=O)[C@@H](Cc1ccc(Cl)cc1)NC(=O)C1CC1. The molecule has 1 aliphatic carbocycles. The zero-order valence-corrected chi connectivity index (χ0v) is 11.4. The number of hydrogen-bond donors (Lipinski definition) is 1. The Labute approximate surface area is 117 Å². The number of rotatable bonds is 5. The minimum atomic E-state index is -0.640. The van der Waals surface area contributed by atoms with Crippen LogP contribution in [-0.4, -0.2) is 25.0 Å². The molecule has 1 saturated carbocycles. The van der Waals surface area contributed by atoms with Crippen LogP contribution in [0, 0.1) is 5.92 Å². The van der Waals surface area contributed by atoms with Crippen molar-refractivity contribution in [1.29, 1.82) is 0 Å². The Morgan fingerprint density at radius 1 is 1.37 bits per heavy atom. The molecule has 1 amide bonds. The quantitative estimate of drug-likeness (QED) is 0.840. The predicted molar refractivity (Wildman–Crippen MR) is 71.8 cm³/mol.